The lowest BCUT2D eigenvalue weighted by Crippen LogP contribution is -2.11. The average molecular weight is 239 g/mol. The van der Waals surface area contributed by atoms with Crippen LogP contribution in [0.1, 0.15) is 11.4 Å². The number of halogens is 1. The van der Waals surface area contributed by atoms with Gasteiger partial charge >= 0.3 is 0 Å². The highest BCUT2D eigenvalue weighted by atomic mass is 35.5. The Hall–Kier alpha value is -1.66. The van der Waals surface area contributed by atoms with Gasteiger partial charge in [0.15, 0.2) is 11.6 Å². The molecule has 16 heavy (non-hydrogen) atoms. The summed E-state index contributed by atoms with van der Waals surface area (Å²) in [6.45, 7) is 3.71. The highest BCUT2D eigenvalue weighted by Gasteiger charge is 2.11. The van der Waals surface area contributed by atoms with Crippen molar-refractivity contribution in [2.24, 2.45) is 5.84 Å². The molecule has 0 aliphatic carbocycles. The zero-order valence-electron chi connectivity index (χ0n) is 8.90. The lowest BCUT2D eigenvalue weighted by molar-refractivity contribution is 0.799. The number of nitrogens with zero attached hydrogens (tertiary/aromatic N) is 4. The van der Waals surface area contributed by atoms with Crippen LogP contribution in [-0.4, -0.2) is 19.7 Å². The highest BCUT2D eigenvalue weighted by molar-refractivity contribution is 6.31. The van der Waals surface area contributed by atoms with Crippen molar-refractivity contribution >= 4 is 17.4 Å². The predicted octanol–water partition coefficient (Wildman–Crippen LogP) is 1.22. The number of hydrogen-bond acceptors (Lipinski definition) is 5. The number of hydrazine groups is 1. The zero-order valence-corrected chi connectivity index (χ0v) is 9.65. The molecule has 0 amide bonds. The Kier molecular flexibility index (Phi) is 2.76. The summed E-state index contributed by atoms with van der Waals surface area (Å²) in [5.74, 6) is 6.31. The average Bonchev–Trinajstić information content (AvgIpc) is 2.57. The first kappa shape index (κ1) is 10.8. The van der Waals surface area contributed by atoms with Crippen LogP contribution in [-0.2, 0) is 0 Å². The van der Waals surface area contributed by atoms with E-state index in [1.807, 2.05) is 13.8 Å². The molecule has 2 aromatic rings. The predicted molar refractivity (Wildman–Crippen MR) is 61.4 cm³/mol. The van der Waals surface area contributed by atoms with Gasteiger partial charge in [0.25, 0.3) is 0 Å². The van der Waals surface area contributed by atoms with Gasteiger partial charge in [0.05, 0.1) is 28.8 Å². The van der Waals surface area contributed by atoms with Gasteiger partial charge in [-0.25, -0.2) is 15.5 Å². The fraction of sp³-hybridized carbons (Fsp3) is 0.222. The van der Waals surface area contributed by atoms with E-state index in [9.17, 15) is 0 Å². The molecule has 0 aromatic carbocycles. The topological polar surface area (TPSA) is 81.7 Å². The molecule has 2 aromatic heterocycles. The molecule has 0 unspecified atom stereocenters. The van der Waals surface area contributed by atoms with Crippen molar-refractivity contribution in [1.82, 2.24) is 19.7 Å². The Morgan fingerprint density at radius 1 is 1.38 bits per heavy atom. The molecule has 0 atom stereocenters. The van der Waals surface area contributed by atoms with Crippen molar-refractivity contribution in [2.45, 2.75) is 13.8 Å². The molecule has 7 heteroatoms. The summed E-state index contributed by atoms with van der Waals surface area (Å²) >= 11 is 6.05. The van der Waals surface area contributed by atoms with Crippen molar-refractivity contribution in [3.8, 4) is 5.82 Å². The van der Waals surface area contributed by atoms with Crippen LogP contribution >= 0.6 is 11.6 Å². The first-order valence-corrected chi connectivity index (χ1v) is 5.02. The van der Waals surface area contributed by atoms with Gasteiger partial charge in [0.2, 0.25) is 0 Å². The molecular formula is C9H11ClN6. The molecule has 0 saturated carbocycles. The number of nitrogens with two attached hydrogens (primary N) is 1. The third-order valence-electron chi connectivity index (χ3n) is 2.19. The van der Waals surface area contributed by atoms with Crippen LogP contribution in [0.3, 0.4) is 0 Å². The molecule has 0 aliphatic heterocycles. The van der Waals surface area contributed by atoms with E-state index in [-0.39, 0.29) is 0 Å². The lowest BCUT2D eigenvalue weighted by Gasteiger charge is -2.04. The number of nitrogen functional groups attached to an aromatic ring is 1. The van der Waals surface area contributed by atoms with Crippen molar-refractivity contribution in [1.29, 1.82) is 0 Å². The van der Waals surface area contributed by atoms with Gasteiger partial charge < -0.3 is 5.43 Å². The molecule has 3 N–H and O–H groups in total. The van der Waals surface area contributed by atoms with Crippen molar-refractivity contribution < 1.29 is 0 Å². The van der Waals surface area contributed by atoms with E-state index in [4.69, 9.17) is 17.4 Å². The standard InChI is InChI=1S/C9H11ClN6/c1-5-9(10)6(2)16(15-5)8-4-12-3-7(13-8)14-11/h3-4H,11H2,1-2H3,(H,13,14). The molecule has 0 spiro atoms. The maximum absolute atomic E-state index is 6.05. The zero-order chi connectivity index (χ0) is 11.7. The number of hydrogen-bond donors (Lipinski definition) is 2. The van der Waals surface area contributed by atoms with E-state index < -0.39 is 0 Å². The Morgan fingerprint density at radius 2 is 2.12 bits per heavy atom. The third kappa shape index (κ3) is 1.72. The molecule has 0 fully saturated rings. The van der Waals surface area contributed by atoms with Gasteiger partial charge in [0, 0.05) is 0 Å². The van der Waals surface area contributed by atoms with E-state index in [1.54, 1.807) is 10.9 Å². The number of aromatic nitrogens is 4. The van der Waals surface area contributed by atoms with Crippen LogP contribution in [0.5, 0.6) is 0 Å². The van der Waals surface area contributed by atoms with Gasteiger partial charge in [-0.3, -0.25) is 4.98 Å². The van der Waals surface area contributed by atoms with Gasteiger partial charge in [-0.05, 0) is 13.8 Å². The Balaban J connectivity index is 2.54. The van der Waals surface area contributed by atoms with E-state index in [2.05, 4.69) is 20.5 Å². The second-order valence-corrected chi connectivity index (χ2v) is 3.68. The van der Waals surface area contributed by atoms with Crippen LogP contribution < -0.4 is 11.3 Å². The van der Waals surface area contributed by atoms with E-state index in [0.717, 1.165) is 11.4 Å². The van der Waals surface area contributed by atoms with Crippen molar-refractivity contribution in [3.05, 3.63) is 28.8 Å². The van der Waals surface area contributed by atoms with Crippen LogP contribution in [0, 0.1) is 13.8 Å². The summed E-state index contributed by atoms with van der Waals surface area (Å²) in [7, 11) is 0. The van der Waals surface area contributed by atoms with Crippen LogP contribution in [0.25, 0.3) is 5.82 Å². The summed E-state index contributed by atoms with van der Waals surface area (Å²) < 4.78 is 1.63. The van der Waals surface area contributed by atoms with Crippen LogP contribution in [0.2, 0.25) is 5.02 Å². The number of anilines is 1. The maximum Gasteiger partial charge on any atom is 0.174 e. The quantitative estimate of drug-likeness (QED) is 0.607. The van der Waals surface area contributed by atoms with Crippen molar-refractivity contribution in [3.63, 3.8) is 0 Å². The summed E-state index contributed by atoms with van der Waals surface area (Å²) in [5.41, 5.74) is 4.01. The van der Waals surface area contributed by atoms with Crippen LogP contribution in [0.15, 0.2) is 12.4 Å². The number of rotatable bonds is 2. The molecule has 2 heterocycles. The fourth-order valence-corrected chi connectivity index (χ4v) is 1.49. The van der Waals surface area contributed by atoms with Gasteiger partial charge in [-0.2, -0.15) is 5.10 Å². The molecule has 84 valence electrons. The summed E-state index contributed by atoms with van der Waals surface area (Å²) in [5, 5.41) is 4.90. The SMILES string of the molecule is Cc1nn(-c2cncc(NN)n2)c(C)c1Cl. The molecule has 0 aliphatic rings. The highest BCUT2D eigenvalue weighted by Crippen LogP contribution is 2.21. The molecule has 0 radical (unpaired) electrons. The monoisotopic (exact) mass is 238 g/mol. The molecule has 0 saturated heterocycles. The van der Waals surface area contributed by atoms with Gasteiger partial charge in [0.1, 0.15) is 0 Å². The number of aryl methyl sites for hydroxylation is 1. The normalized spacial score (nSPS) is 10.5. The molecule has 6 nitrogen and oxygen atoms in total. The Bertz CT molecular complexity index is 521. The molecule has 2 rings (SSSR count). The Labute approximate surface area is 97.4 Å². The molecule has 0 bridgehead atoms. The van der Waals surface area contributed by atoms with Gasteiger partial charge in [-0.1, -0.05) is 11.6 Å². The molecular weight excluding hydrogens is 228 g/mol. The minimum absolute atomic E-state index is 0.473. The minimum Gasteiger partial charge on any atom is -0.307 e. The second kappa shape index (κ2) is 4.07. The lowest BCUT2D eigenvalue weighted by atomic mass is 10.4. The first-order valence-electron chi connectivity index (χ1n) is 4.64. The first-order chi connectivity index (χ1) is 7.63. The summed E-state index contributed by atoms with van der Waals surface area (Å²) in [4.78, 5) is 8.22. The number of nitrogens with one attached hydrogen (secondary N) is 1. The maximum atomic E-state index is 6.05. The smallest absolute Gasteiger partial charge is 0.174 e. The second-order valence-electron chi connectivity index (χ2n) is 3.30. The summed E-state index contributed by atoms with van der Waals surface area (Å²) in [6.07, 6.45) is 3.12. The van der Waals surface area contributed by atoms with E-state index in [0.29, 0.717) is 16.7 Å². The fourth-order valence-electron chi connectivity index (χ4n) is 1.37. The minimum atomic E-state index is 0.473. The summed E-state index contributed by atoms with van der Waals surface area (Å²) in [6, 6.07) is 0. The van der Waals surface area contributed by atoms with Crippen LogP contribution in [0.4, 0.5) is 5.82 Å². The van der Waals surface area contributed by atoms with E-state index in [1.165, 1.54) is 6.20 Å². The largest absolute Gasteiger partial charge is 0.307 e. The van der Waals surface area contributed by atoms with E-state index >= 15 is 0 Å². The third-order valence-corrected chi connectivity index (χ3v) is 2.74. The van der Waals surface area contributed by atoms with Gasteiger partial charge in [-0.15, -0.1) is 0 Å². The Morgan fingerprint density at radius 3 is 2.69 bits per heavy atom. The van der Waals surface area contributed by atoms with Crippen molar-refractivity contribution in [2.75, 3.05) is 5.43 Å².